The highest BCUT2D eigenvalue weighted by atomic mass is 32.1. The number of carboxylic acid groups (broad SMARTS) is 1. The zero-order valence-electron chi connectivity index (χ0n) is 12.9. The number of carboxylic acids is 1. The van der Waals surface area contributed by atoms with Crippen LogP contribution in [0.1, 0.15) is 25.7 Å². The first-order valence-corrected chi connectivity index (χ1v) is 7.82. The molecule has 0 aliphatic carbocycles. The average Bonchev–Trinajstić information content (AvgIpc) is 2.83. The zero-order valence-corrected chi connectivity index (χ0v) is 13.7. The normalized spacial score (nSPS) is 12.0. The van der Waals surface area contributed by atoms with Gasteiger partial charge in [-0.3, -0.25) is 4.79 Å². The number of aryl methyl sites for hydroxylation is 2. The van der Waals surface area contributed by atoms with E-state index in [1.807, 2.05) is 50.2 Å². The number of thiophene rings is 1. The number of carbonyl (C=O) groups excluding carboxylic acids is 1. The van der Waals surface area contributed by atoms with E-state index in [0.717, 1.165) is 16.0 Å². The van der Waals surface area contributed by atoms with E-state index in [-0.39, 0.29) is 5.91 Å². The van der Waals surface area contributed by atoms with E-state index in [1.54, 1.807) is 7.05 Å². The lowest BCUT2D eigenvalue weighted by Gasteiger charge is -2.24. The summed E-state index contributed by atoms with van der Waals surface area (Å²) in [6.45, 7) is 3.90. The molecule has 0 bridgehead atoms. The van der Waals surface area contributed by atoms with Gasteiger partial charge in [0, 0.05) is 18.3 Å². The standard InChI is InChI=1S/C17H19NO3S/c1-11-9-15(22-12(11)2)16(19)18(3)14(17(20)21)10-13-7-5-4-6-8-13/h4-9,14H,10H2,1-3H3,(H,20,21). The molecule has 0 fully saturated rings. The first kappa shape index (κ1) is 16.2. The first-order valence-electron chi connectivity index (χ1n) is 7.01. The van der Waals surface area contributed by atoms with Gasteiger partial charge in [0.2, 0.25) is 0 Å². The number of aliphatic carboxylic acids is 1. The SMILES string of the molecule is Cc1cc(C(=O)N(C)C(Cc2ccccc2)C(=O)O)sc1C. The lowest BCUT2D eigenvalue weighted by atomic mass is 10.0. The van der Waals surface area contributed by atoms with Crippen LogP contribution < -0.4 is 0 Å². The number of hydrogen-bond acceptors (Lipinski definition) is 3. The van der Waals surface area contributed by atoms with Crippen molar-refractivity contribution >= 4 is 23.2 Å². The van der Waals surface area contributed by atoms with Crippen LogP contribution in [0.2, 0.25) is 0 Å². The molecule has 116 valence electrons. The second-order valence-corrected chi connectivity index (χ2v) is 6.57. The molecule has 0 radical (unpaired) electrons. The minimum atomic E-state index is -0.996. The molecule has 1 heterocycles. The molecule has 1 unspecified atom stereocenters. The van der Waals surface area contributed by atoms with Gasteiger partial charge in [-0.05, 0) is 31.0 Å². The molecule has 0 saturated heterocycles. The van der Waals surface area contributed by atoms with Gasteiger partial charge in [-0.2, -0.15) is 0 Å². The van der Waals surface area contributed by atoms with Crippen LogP contribution in [0.3, 0.4) is 0 Å². The molecule has 1 N–H and O–H groups in total. The molecule has 0 aliphatic heterocycles. The molecule has 1 atom stereocenters. The van der Waals surface area contributed by atoms with Crippen molar-refractivity contribution in [3.63, 3.8) is 0 Å². The lowest BCUT2D eigenvalue weighted by molar-refractivity contribution is -0.141. The van der Waals surface area contributed by atoms with Crippen LogP contribution in [0.5, 0.6) is 0 Å². The van der Waals surface area contributed by atoms with Gasteiger partial charge in [0.25, 0.3) is 5.91 Å². The number of carbonyl (C=O) groups is 2. The van der Waals surface area contributed by atoms with Crippen LogP contribution in [-0.4, -0.2) is 35.0 Å². The third-order valence-corrected chi connectivity index (χ3v) is 4.86. The highest BCUT2D eigenvalue weighted by molar-refractivity contribution is 7.14. The highest BCUT2D eigenvalue weighted by Gasteiger charge is 2.28. The number of hydrogen-bond donors (Lipinski definition) is 1. The van der Waals surface area contributed by atoms with Gasteiger partial charge in [-0.15, -0.1) is 11.3 Å². The summed E-state index contributed by atoms with van der Waals surface area (Å²) in [5, 5.41) is 9.47. The van der Waals surface area contributed by atoms with Crippen molar-refractivity contribution in [3.05, 3.63) is 57.3 Å². The van der Waals surface area contributed by atoms with Gasteiger partial charge < -0.3 is 10.0 Å². The van der Waals surface area contributed by atoms with Gasteiger partial charge in [-0.25, -0.2) is 4.79 Å². The van der Waals surface area contributed by atoms with Crippen molar-refractivity contribution in [1.29, 1.82) is 0 Å². The number of amides is 1. The Kier molecular flexibility index (Phi) is 4.98. The van der Waals surface area contributed by atoms with Crippen molar-refractivity contribution in [2.24, 2.45) is 0 Å². The van der Waals surface area contributed by atoms with Crippen LogP contribution in [0, 0.1) is 13.8 Å². The van der Waals surface area contributed by atoms with Gasteiger partial charge in [0.1, 0.15) is 6.04 Å². The summed E-state index contributed by atoms with van der Waals surface area (Å²) in [7, 11) is 1.55. The molecular formula is C17H19NO3S. The largest absolute Gasteiger partial charge is 0.480 e. The van der Waals surface area contributed by atoms with Gasteiger partial charge in [-0.1, -0.05) is 30.3 Å². The Hall–Kier alpha value is -2.14. The summed E-state index contributed by atoms with van der Waals surface area (Å²) < 4.78 is 0. The van der Waals surface area contributed by atoms with Crippen molar-refractivity contribution < 1.29 is 14.7 Å². The van der Waals surface area contributed by atoms with Gasteiger partial charge >= 0.3 is 5.97 Å². The third kappa shape index (κ3) is 3.54. The molecule has 5 heteroatoms. The van der Waals surface area contributed by atoms with Gasteiger partial charge in [0.15, 0.2) is 0 Å². The fourth-order valence-corrected chi connectivity index (χ4v) is 3.24. The Morgan fingerprint density at radius 1 is 1.23 bits per heavy atom. The van der Waals surface area contributed by atoms with Crippen LogP contribution in [0.4, 0.5) is 0 Å². The number of rotatable bonds is 5. The topological polar surface area (TPSA) is 57.6 Å². The van der Waals surface area contributed by atoms with Crippen LogP contribution in [0.25, 0.3) is 0 Å². The van der Waals surface area contributed by atoms with Crippen molar-refractivity contribution in [2.75, 3.05) is 7.05 Å². The van der Waals surface area contributed by atoms with Crippen LogP contribution in [0.15, 0.2) is 36.4 Å². The van der Waals surface area contributed by atoms with Crippen molar-refractivity contribution in [3.8, 4) is 0 Å². The quantitative estimate of drug-likeness (QED) is 0.921. The summed E-state index contributed by atoms with van der Waals surface area (Å²) >= 11 is 1.40. The van der Waals surface area contributed by atoms with Gasteiger partial charge in [0.05, 0.1) is 4.88 Å². The monoisotopic (exact) mass is 317 g/mol. The fraction of sp³-hybridized carbons (Fsp3) is 0.294. The Morgan fingerprint density at radius 2 is 1.86 bits per heavy atom. The predicted octanol–water partition coefficient (Wildman–Crippen LogP) is 3.13. The molecule has 1 aromatic heterocycles. The van der Waals surface area contributed by atoms with Crippen molar-refractivity contribution in [2.45, 2.75) is 26.3 Å². The van der Waals surface area contributed by atoms with E-state index in [1.165, 1.54) is 16.2 Å². The smallest absolute Gasteiger partial charge is 0.326 e. The average molecular weight is 317 g/mol. The third-order valence-electron chi connectivity index (χ3n) is 3.72. The van der Waals surface area contributed by atoms with E-state index in [0.29, 0.717) is 11.3 Å². The minimum Gasteiger partial charge on any atom is -0.480 e. The van der Waals surface area contributed by atoms with E-state index >= 15 is 0 Å². The molecule has 2 rings (SSSR count). The van der Waals surface area contributed by atoms with Crippen LogP contribution >= 0.6 is 11.3 Å². The van der Waals surface area contributed by atoms with Crippen LogP contribution in [-0.2, 0) is 11.2 Å². The summed E-state index contributed by atoms with van der Waals surface area (Å²) in [6.07, 6.45) is 0.293. The zero-order chi connectivity index (χ0) is 16.3. The molecular weight excluding hydrogens is 298 g/mol. The lowest BCUT2D eigenvalue weighted by Crippen LogP contribution is -2.43. The Morgan fingerprint density at radius 3 is 2.36 bits per heavy atom. The maximum atomic E-state index is 12.5. The molecule has 0 saturated carbocycles. The maximum Gasteiger partial charge on any atom is 0.326 e. The minimum absolute atomic E-state index is 0.246. The second-order valence-electron chi connectivity index (χ2n) is 5.31. The maximum absolute atomic E-state index is 12.5. The molecule has 0 aliphatic rings. The Labute approximate surface area is 134 Å². The molecule has 4 nitrogen and oxygen atoms in total. The predicted molar refractivity (Wildman–Crippen MR) is 87.5 cm³/mol. The summed E-state index contributed by atoms with van der Waals surface area (Å²) in [5.41, 5.74) is 1.95. The van der Waals surface area contributed by atoms with E-state index in [2.05, 4.69) is 0 Å². The fourth-order valence-electron chi connectivity index (χ4n) is 2.22. The first-order chi connectivity index (χ1) is 10.4. The highest BCUT2D eigenvalue weighted by Crippen LogP contribution is 2.23. The summed E-state index contributed by atoms with van der Waals surface area (Å²) in [4.78, 5) is 27.1. The molecule has 2 aromatic rings. The number of benzene rings is 1. The van der Waals surface area contributed by atoms with E-state index in [9.17, 15) is 14.7 Å². The van der Waals surface area contributed by atoms with E-state index < -0.39 is 12.0 Å². The molecule has 22 heavy (non-hydrogen) atoms. The molecule has 1 aromatic carbocycles. The molecule has 0 spiro atoms. The Balaban J connectivity index is 2.20. The summed E-state index contributed by atoms with van der Waals surface area (Å²) in [6, 6.07) is 10.3. The number of nitrogens with zero attached hydrogens (tertiary/aromatic N) is 1. The second kappa shape index (κ2) is 6.75. The van der Waals surface area contributed by atoms with Crippen molar-refractivity contribution in [1.82, 2.24) is 4.90 Å². The number of likely N-dealkylation sites (N-methyl/N-ethyl adjacent to an activating group) is 1. The summed E-state index contributed by atoms with van der Waals surface area (Å²) in [5.74, 6) is -1.24. The Bertz CT molecular complexity index is 659. The van der Waals surface area contributed by atoms with E-state index in [4.69, 9.17) is 0 Å². The molecule has 1 amide bonds.